The average molecular weight is 434 g/mol. The van der Waals surface area contributed by atoms with Crippen LogP contribution in [0.4, 0.5) is 5.69 Å². The van der Waals surface area contributed by atoms with Crippen LogP contribution in [0.3, 0.4) is 0 Å². The molecule has 3 rings (SSSR count). The summed E-state index contributed by atoms with van der Waals surface area (Å²) in [6, 6.07) is 6.56. The van der Waals surface area contributed by atoms with Gasteiger partial charge in [0.1, 0.15) is 17.8 Å². The first-order valence-electron chi connectivity index (χ1n) is 8.68. The molecular weight excluding hydrogens is 418 g/mol. The number of carbonyl (C=O) groups is 1. The van der Waals surface area contributed by atoms with Gasteiger partial charge in [0.25, 0.3) is 11.2 Å². The quantitative estimate of drug-likeness (QED) is 0.316. The van der Waals surface area contributed by atoms with Crippen LogP contribution in [0.15, 0.2) is 41.3 Å². The molecule has 30 heavy (non-hydrogen) atoms. The molecule has 0 atom stereocenters. The maximum Gasteiger partial charge on any atom is 0.345 e. The number of hydrogen-bond acceptors (Lipinski definition) is 8. The highest BCUT2D eigenvalue weighted by Crippen LogP contribution is 2.35. The maximum atomic E-state index is 12.5. The fourth-order valence-electron chi connectivity index (χ4n) is 2.71. The van der Waals surface area contributed by atoms with E-state index in [0.29, 0.717) is 10.7 Å². The largest absolute Gasteiger partial charge is 0.493 e. The SMILES string of the molecule is CCOc1cc([N+](=O)[O-])c(C(=O)OCc2cc(=O)n3cc(Cl)ccc3n2)cc1OC. The third kappa shape index (κ3) is 4.33. The van der Waals surface area contributed by atoms with Crippen LogP contribution in [-0.4, -0.2) is 34.0 Å². The number of hydrogen-bond donors (Lipinski definition) is 0. The molecule has 0 fully saturated rings. The zero-order valence-electron chi connectivity index (χ0n) is 16.0. The molecule has 0 aliphatic heterocycles. The summed E-state index contributed by atoms with van der Waals surface area (Å²) in [6.45, 7) is 1.60. The summed E-state index contributed by atoms with van der Waals surface area (Å²) < 4.78 is 16.8. The number of nitro groups is 1. The first-order valence-corrected chi connectivity index (χ1v) is 9.06. The number of ether oxygens (including phenoxy) is 3. The van der Waals surface area contributed by atoms with Crippen molar-refractivity contribution >= 4 is 28.9 Å². The Morgan fingerprint density at radius 3 is 2.70 bits per heavy atom. The predicted octanol–water partition coefficient (Wildman–Crippen LogP) is 3.02. The lowest BCUT2D eigenvalue weighted by molar-refractivity contribution is -0.385. The van der Waals surface area contributed by atoms with Crippen molar-refractivity contribution < 1.29 is 23.9 Å². The molecule has 0 saturated heterocycles. The molecule has 0 spiro atoms. The summed E-state index contributed by atoms with van der Waals surface area (Å²) in [5, 5.41) is 11.8. The van der Waals surface area contributed by atoms with E-state index in [-0.39, 0.29) is 36.0 Å². The zero-order chi connectivity index (χ0) is 21.8. The minimum absolute atomic E-state index is 0.131. The van der Waals surface area contributed by atoms with Gasteiger partial charge in [-0.3, -0.25) is 19.3 Å². The molecule has 10 nitrogen and oxygen atoms in total. The highest BCUT2D eigenvalue weighted by molar-refractivity contribution is 6.30. The van der Waals surface area contributed by atoms with E-state index in [1.807, 2.05) is 0 Å². The minimum atomic E-state index is -0.971. The lowest BCUT2D eigenvalue weighted by Crippen LogP contribution is -2.17. The van der Waals surface area contributed by atoms with Gasteiger partial charge in [-0.15, -0.1) is 0 Å². The van der Waals surface area contributed by atoms with Crippen molar-refractivity contribution in [2.45, 2.75) is 13.5 Å². The van der Waals surface area contributed by atoms with Crippen molar-refractivity contribution in [1.82, 2.24) is 9.38 Å². The molecular formula is C19H16ClN3O7. The van der Waals surface area contributed by atoms with Crippen molar-refractivity contribution in [3.8, 4) is 11.5 Å². The van der Waals surface area contributed by atoms with Crippen molar-refractivity contribution in [1.29, 1.82) is 0 Å². The lowest BCUT2D eigenvalue weighted by Gasteiger charge is -2.11. The molecule has 0 bridgehead atoms. The Labute approximate surface area is 174 Å². The summed E-state index contributed by atoms with van der Waals surface area (Å²) in [4.78, 5) is 39.6. The van der Waals surface area contributed by atoms with Crippen LogP contribution in [0.1, 0.15) is 23.0 Å². The van der Waals surface area contributed by atoms with Crippen molar-refractivity contribution in [3.05, 3.63) is 73.3 Å². The Kier molecular flexibility index (Phi) is 6.17. The number of pyridine rings is 1. The normalized spacial score (nSPS) is 10.6. The fourth-order valence-corrected chi connectivity index (χ4v) is 2.87. The molecule has 0 amide bonds. The van der Waals surface area contributed by atoms with E-state index < -0.39 is 22.1 Å². The van der Waals surface area contributed by atoms with E-state index in [2.05, 4.69) is 4.98 Å². The third-order valence-corrected chi connectivity index (χ3v) is 4.25. The molecule has 0 aliphatic rings. The van der Waals surface area contributed by atoms with Crippen LogP contribution in [0.5, 0.6) is 11.5 Å². The maximum absolute atomic E-state index is 12.5. The molecule has 0 aliphatic carbocycles. The number of rotatable bonds is 7. The van der Waals surface area contributed by atoms with Gasteiger partial charge in [-0.25, -0.2) is 9.78 Å². The standard InChI is InChI=1S/C19H16ClN3O7/c1-3-29-16-8-14(23(26)27)13(7-15(16)28-2)19(25)30-10-12-6-18(24)22-9-11(20)4-5-17(22)21-12/h4-9H,3,10H2,1-2H3. The molecule has 156 valence electrons. The van der Waals surface area contributed by atoms with Gasteiger partial charge in [0.2, 0.25) is 0 Å². The number of nitro benzene ring substituents is 1. The highest BCUT2D eigenvalue weighted by atomic mass is 35.5. The molecule has 3 aromatic rings. The van der Waals surface area contributed by atoms with Gasteiger partial charge in [0.05, 0.1) is 35.4 Å². The summed E-state index contributed by atoms with van der Waals surface area (Å²) in [5.41, 5.74) is -0.736. The molecule has 0 radical (unpaired) electrons. The molecule has 11 heteroatoms. The van der Waals surface area contributed by atoms with E-state index in [4.69, 9.17) is 25.8 Å². The minimum Gasteiger partial charge on any atom is -0.493 e. The van der Waals surface area contributed by atoms with Gasteiger partial charge in [-0.2, -0.15) is 0 Å². The summed E-state index contributed by atoms with van der Waals surface area (Å²) in [6.07, 6.45) is 1.41. The number of halogens is 1. The number of fused-ring (bicyclic) bond motifs is 1. The topological polar surface area (TPSA) is 122 Å². The monoisotopic (exact) mass is 433 g/mol. The van der Waals surface area contributed by atoms with Crippen molar-refractivity contribution in [3.63, 3.8) is 0 Å². The van der Waals surface area contributed by atoms with E-state index in [1.165, 1.54) is 35.9 Å². The number of carbonyl (C=O) groups excluding carboxylic acids is 1. The second-order valence-electron chi connectivity index (χ2n) is 5.95. The number of aromatic nitrogens is 2. The van der Waals surface area contributed by atoms with Crippen LogP contribution < -0.4 is 15.0 Å². The Morgan fingerprint density at radius 2 is 2.03 bits per heavy atom. The van der Waals surface area contributed by atoms with Crippen LogP contribution >= 0.6 is 11.6 Å². The molecule has 0 N–H and O–H groups in total. The van der Waals surface area contributed by atoms with Crippen molar-refractivity contribution in [2.75, 3.05) is 13.7 Å². The first-order chi connectivity index (χ1) is 14.3. The van der Waals surface area contributed by atoms with Gasteiger partial charge in [-0.1, -0.05) is 11.6 Å². The van der Waals surface area contributed by atoms with Gasteiger partial charge in [-0.05, 0) is 19.1 Å². The number of nitrogens with zero attached hydrogens (tertiary/aromatic N) is 3. The summed E-state index contributed by atoms with van der Waals surface area (Å²) in [5.74, 6) is -0.694. The van der Waals surface area contributed by atoms with Crippen LogP contribution in [0, 0.1) is 10.1 Å². The predicted molar refractivity (Wildman–Crippen MR) is 106 cm³/mol. The van der Waals surface area contributed by atoms with E-state index in [0.717, 1.165) is 6.07 Å². The van der Waals surface area contributed by atoms with Gasteiger partial charge >= 0.3 is 5.97 Å². The second-order valence-corrected chi connectivity index (χ2v) is 6.38. The third-order valence-electron chi connectivity index (χ3n) is 4.03. The Morgan fingerprint density at radius 1 is 1.27 bits per heavy atom. The van der Waals surface area contributed by atoms with Gasteiger partial charge < -0.3 is 14.2 Å². The Bertz CT molecular complexity index is 1190. The first kappa shape index (κ1) is 21.1. The van der Waals surface area contributed by atoms with Gasteiger partial charge in [0, 0.05) is 18.3 Å². The smallest absolute Gasteiger partial charge is 0.345 e. The second kappa shape index (κ2) is 8.78. The Balaban J connectivity index is 1.89. The average Bonchev–Trinajstić information content (AvgIpc) is 2.72. The highest BCUT2D eigenvalue weighted by Gasteiger charge is 2.26. The number of methoxy groups -OCH3 is 1. The van der Waals surface area contributed by atoms with Gasteiger partial charge in [0.15, 0.2) is 11.5 Å². The molecule has 0 saturated carbocycles. The molecule has 1 aromatic carbocycles. The van der Waals surface area contributed by atoms with Crippen LogP contribution in [-0.2, 0) is 11.3 Å². The zero-order valence-corrected chi connectivity index (χ0v) is 16.7. The summed E-state index contributed by atoms with van der Waals surface area (Å²) in [7, 11) is 1.34. The molecule has 0 unspecified atom stereocenters. The van der Waals surface area contributed by atoms with E-state index in [1.54, 1.807) is 13.0 Å². The van der Waals surface area contributed by atoms with Crippen molar-refractivity contribution in [2.24, 2.45) is 0 Å². The van der Waals surface area contributed by atoms with E-state index >= 15 is 0 Å². The van der Waals surface area contributed by atoms with Crippen LogP contribution in [0.2, 0.25) is 5.02 Å². The molecule has 2 aromatic heterocycles. The number of esters is 1. The Hall–Kier alpha value is -3.66. The molecule has 2 heterocycles. The van der Waals surface area contributed by atoms with Crippen LogP contribution in [0.25, 0.3) is 5.65 Å². The fraction of sp³-hybridized carbons (Fsp3) is 0.211. The van der Waals surface area contributed by atoms with E-state index in [9.17, 15) is 19.7 Å². The number of benzene rings is 1. The summed E-state index contributed by atoms with van der Waals surface area (Å²) >= 11 is 5.87. The lowest BCUT2D eigenvalue weighted by atomic mass is 10.1.